The van der Waals surface area contributed by atoms with Gasteiger partial charge in [0.1, 0.15) is 0 Å². The van der Waals surface area contributed by atoms with Crippen LogP contribution in [0.4, 0.5) is 5.69 Å². The normalized spacial score (nSPS) is 11.8. The molecule has 2 aromatic carbocycles. The summed E-state index contributed by atoms with van der Waals surface area (Å²) in [4.78, 5) is 32.2. The highest BCUT2D eigenvalue weighted by molar-refractivity contribution is 8.00. The number of para-hydroxylation sites is 1. The Kier molecular flexibility index (Phi) is 6.54. The average Bonchev–Trinajstić information content (AvgIpc) is 2.67. The summed E-state index contributed by atoms with van der Waals surface area (Å²) in [5.41, 5.74) is 2.71. The minimum absolute atomic E-state index is 0.183. The van der Waals surface area contributed by atoms with Crippen molar-refractivity contribution in [1.82, 2.24) is 9.97 Å². The van der Waals surface area contributed by atoms with Gasteiger partial charge in [-0.2, -0.15) is 0 Å². The highest BCUT2D eigenvalue weighted by Crippen LogP contribution is 2.24. The zero-order valence-corrected chi connectivity index (χ0v) is 17.1. The van der Waals surface area contributed by atoms with Gasteiger partial charge in [-0.1, -0.05) is 65.8 Å². The van der Waals surface area contributed by atoms with E-state index in [9.17, 15) is 9.59 Å². The Balaban J connectivity index is 1.71. The van der Waals surface area contributed by atoms with Gasteiger partial charge in [0.05, 0.1) is 16.0 Å². The zero-order valence-electron chi connectivity index (χ0n) is 15.5. The minimum atomic E-state index is -0.459. The molecule has 144 valence electrons. The van der Waals surface area contributed by atoms with E-state index in [1.54, 1.807) is 31.2 Å². The standard InChI is InChI=1S/C21H20ClN3O2S/c1-13-16(12-15-8-4-3-5-9-15)20(27)25-21(23-13)28-14(2)19(26)24-18-11-7-6-10-17(18)22/h3-11,14H,12H2,1-2H3,(H,24,26)(H,23,25,27). The van der Waals surface area contributed by atoms with Gasteiger partial charge in [0.25, 0.3) is 5.56 Å². The molecule has 0 aliphatic heterocycles. The van der Waals surface area contributed by atoms with Crippen LogP contribution in [0.3, 0.4) is 0 Å². The van der Waals surface area contributed by atoms with Crippen molar-refractivity contribution in [2.45, 2.75) is 30.7 Å². The number of aryl methyl sites for hydroxylation is 1. The lowest BCUT2D eigenvalue weighted by Crippen LogP contribution is -2.24. The number of rotatable bonds is 6. The number of amides is 1. The summed E-state index contributed by atoms with van der Waals surface area (Å²) in [6.07, 6.45) is 0.516. The number of nitrogens with one attached hydrogen (secondary N) is 2. The van der Waals surface area contributed by atoms with Gasteiger partial charge in [-0.25, -0.2) is 4.98 Å². The number of thioether (sulfide) groups is 1. The van der Waals surface area contributed by atoms with Gasteiger partial charge in [0, 0.05) is 17.7 Å². The molecule has 2 N–H and O–H groups in total. The summed E-state index contributed by atoms with van der Waals surface area (Å²) < 4.78 is 0. The van der Waals surface area contributed by atoms with Gasteiger partial charge >= 0.3 is 0 Å². The van der Waals surface area contributed by atoms with Crippen LogP contribution in [0.2, 0.25) is 5.02 Å². The van der Waals surface area contributed by atoms with Gasteiger partial charge in [-0.05, 0) is 31.5 Å². The summed E-state index contributed by atoms with van der Waals surface area (Å²) in [6.45, 7) is 3.57. The molecule has 3 aromatic rings. The van der Waals surface area contributed by atoms with E-state index >= 15 is 0 Å². The SMILES string of the molecule is Cc1nc(SC(C)C(=O)Nc2ccccc2Cl)[nH]c(=O)c1Cc1ccccc1. The molecule has 1 amide bonds. The molecule has 0 aliphatic carbocycles. The van der Waals surface area contributed by atoms with Crippen molar-refractivity contribution in [3.8, 4) is 0 Å². The molecule has 1 aromatic heterocycles. The maximum absolute atomic E-state index is 12.5. The van der Waals surface area contributed by atoms with Crippen LogP contribution >= 0.6 is 23.4 Å². The molecule has 0 radical (unpaired) electrons. The van der Waals surface area contributed by atoms with E-state index in [2.05, 4.69) is 15.3 Å². The highest BCUT2D eigenvalue weighted by Gasteiger charge is 2.18. The average molecular weight is 414 g/mol. The van der Waals surface area contributed by atoms with Crippen LogP contribution in [0, 0.1) is 6.92 Å². The van der Waals surface area contributed by atoms with E-state index in [4.69, 9.17) is 11.6 Å². The van der Waals surface area contributed by atoms with Crippen molar-refractivity contribution in [2.24, 2.45) is 0 Å². The van der Waals surface area contributed by atoms with Crippen LogP contribution in [0.25, 0.3) is 0 Å². The summed E-state index contributed by atoms with van der Waals surface area (Å²) in [5.74, 6) is -0.216. The zero-order chi connectivity index (χ0) is 20.1. The molecule has 0 saturated heterocycles. The summed E-state index contributed by atoms with van der Waals surface area (Å²) in [5, 5.41) is 3.22. The predicted octanol–water partition coefficient (Wildman–Crippen LogP) is 4.44. The first kappa shape index (κ1) is 20.2. The number of hydrogen-bond donors (Lipinski definition) is 2. The molecule has 1 heterocycles. The molecule has 0 aliphatic rings. The summed E-state index contributed by atoms with van der Waals surface area (Å²) in [6, 6.07) is 16.8. The molecule has 5 nitrogen and oxygen atoms in total. The lowest BCUT2D eigenvalue weighted by molar-refractivity contribution is -0.115. The number of benzene rings is 2. The van der Waals surface area contributed by atoms with E-state index in [1.807, 2.05) is 37.3 Å². The molecule has 0 bridgehead atoms. The third-order valence-corrected chi connectivity index (χ3v) is 5.53. The minimum Gasteiger partial charge on any atom is -0.324 e. The number of carbonyl (C=O) groups is 1. The topological polar surface area (TPSA) is 74.8 Å². The molecule has 3 rings (SSSR count). The second-order valence-corrected chi connectivity index (χ2v) is 8.06. The Labute approximate surface area is 172 Å². The monoisotopic (exact) mass is 413 g/mol. The summed E-state index contributed by atoms with van der Waals surface area (Å²) in [7, 11) is 0. The molecule has 0 spiro atoms. The van der Waals surface area contributed by atoms with Crippen LogP contribution < -0.4 is 10.9 Å². The molecule has 28 heavy (non-hydrogen) atoms. The Morgan fingerprint density at radius 3 is 2.54 bits per heavy atom. The Morgan fingerprint density at radius 1 is 1.18 bits per heavy atom. The van der Waals surface area contributed by atoms with Crippen LogP contribution in [-0.2, 0) is 11.2 Å². The molecule has 0 fully saturated rings. The first-order valence-electron chi connectivity index (χ1n) is 8.80. The number of aromatic amines is 1. The molecule has 0 saturated carbocycles. The van der Waals surface area contributed by atoms with E-state index in [0.717, 1.165) is 5.56 Å². The van der Waals surface area contributed by atoms with Crippen molar-refractivity contribution in [1.29, 1.82) is 0 Å². The fraction of sp³-hybridized carbons (Fsp3) is 0.190. The fourth-order valence-electron chi connectivity index (χ4n) is 2.67. The Bertz CT molecular complexity index is 1040. The quantitative estimate of drug-likeness (QED) is 0.462. The van der Waals surface area contributed by atoms with Crippen LogP contribution in [-0.4, -0.2) is 21.1 Å². The van der Waals surface area contributed by atoms with Crippen molar-refractivity contribution in [2.75, 3.05) is 5.32 Å². The number of aromatic nitrogens is 2. The fourth-order valence-corrected chi connectivity index (χ4v) is 3.69. The third-order valence-electron chi connectivity index (χ3n) is 4.21. The number of halogens is 1. The maximum atomic E-state index is 12.5. The lowest BCUT2D eigenvalue weighted by Gasteiger charge is -2.13. The first-order valence-corrected chi connectivity index (χ1v) is 10.1. The highest BCUT2D eigenvalue weighted by atomic mass is 35.5. The van der Waals surface area contributed by atoms with Crippen LogP contribution in [0.1, 0.15) is 23.7 Å². The second kappa shape index (κ2) is 9.08. The van der Waals surface area contributed by atoms with Crippen molar-refractivity contribution >= 4 is 35.0 Å². The van der Waals surface area contributed by atoms with Crippen molar-refractivity contribution < 1.29 is 4.79 Å². The Morgan fingerprint density at radius 2 is 1.86 bits per heavy atom. The van der Waals surface area contributed by atoms with Gasteiger partial charge in [-0.3, -0.25) is 9.59 Å². The van der Waals surface area contributed by atoms with E-state index in [-0.39, 0.29) is 11.5 Å². The van der Waals surface area contributed by atoms with Crippen LogP contribution in [0.5, 0.6) is 0 Å². The smallest absolute Gasteiger partial charge is 0.255 e. The van der Waals surface area contributed by atoms with E-state index in [1.165, 1.54) is 11.8 Å². The van der Waals surface area contributed by atoms with Gasteiger partial charge < -0.3 is 10.3 Å². The van der Waals surface area contributed by atoms with Gasteiger partial charge in [-0.15, -0.1) is 0 Å². The molecule has 1 atom stereocenters. The van der Waals surface area contributed by atoms with E-state index in [0.29, 0.717) is 33.5 Å². The number of carbonyl (C=O) groups excluding carboxylic acids is 1. The predicted molar refractivity (Wildman–Crippen MR) is 114 cm³/mol. The molecule has 7 heteroatoms. The molecular formula is C21H20ClN3O2S. The molecular weight excluding hydrogens is 394 g/mol. The third kappa shape index (κ3) is 5.03. The summed E-state index contributed by atoms with van der Waals surface area (Å²) >= 11 is 7.28. The number of H-pyrrole nitrogens is 1. The number of hydrogen-bond acceptors (Lipinski definition) is 4. The van der Waals surface area contributed by atoms with Crippen molar-refractivity contribution in [3.05, 3.63) is 86.8 Å². The second-order valence-electron chi connectivity index (χ2n) is 6.33. The van der Waals surface area contributed by atoms with Gasteiger partial charge in [0.15, 0.2) is 5.16 Å². The van der Waals surface area contributed by atoms with E-state index < -0.39 is 5.25 Å². The largest absolute Gasteiger partial charge is 0.324 e. The lowest BCUT2D eigenvalue weighted by atomic mass is 10.1. The number of nitrogens with zero attached hydrogens (tertiary/aromatic N) is 1. The molecule has 1 unspecified atom stereocenters. The number of anilines is 1. The van der Waals surface area contributed by atoms with Crippen molar-refractivity contribution in [3.63, 3.8) is 0 Å². The maximum Gasteiger partial charge on any atom is 0.255 e. The van der Waals surface area contributed by atoms with Crippen LogP contribution in [0.15, 0.2) is 64.5 Å². The van der Waals surface area contributed by atoms with Gasteiger partial charge in [0.2, 0.25) is 5.91 Å². The first-order chi connectivity index (χ1) is 13.4. The Hall–Kier alpha value is -2.57.